The second kappa shape index (κ2) is 11.4. The van der Waals surface area contributed by atoms with Gasteiger partial charge < -0.3 is 15.5 Å². The zero-order chi connectivity index (χ0) is 26.6. The third-order valence-electron chi connectivity index (χ3n) is 8.60. The Morgan fingerprint density at radius 1 is 0.892 bits per heavy atom. The number of quaternary nitrogens is 1. The molecular formula is C33H48N4+2. The fraction of sp³-hybridized carbons (Fsp3) is 0.485. The van der Waals surface area contributed by atoms with Crippen LogP contribution in [0.25, 0.3) is 0 Å². The van der Waals surface area contributed by atoms with Gasteiger partial charge in [-0.1, -0.05) is 56.3 Å². The van der Waals surface area contributed by atoms with Crippen molar-refractivity contribution in [2.45, 2.75) is 65.2 Å². The molecule has 0 amide bonds. The van der Waals surface area contributed by atoms with Crippen molar-refractivity contribution in [2.24, 2.45) is 5.73 Å². The second-order valence-corrected chi connectivity index (χ2v) is 11.6. The SMILES string of the molecule is CC[NH+](CC)CCC[N+]1=C(/C=C/C=C2/N(CCCN)c3ccccc3C2(C)C)C(C)(C)c2ccccc21. The zero-order valence-electron chi connectivity index (χ0n) is 24.0. The summed E-state index contributed by atoms with van der Waals surface area (Å²) in [5, 5.41) is 0. The number of hydrogen-bond acceptors (Lipinski definition) is 2. The highest BCUT2D eigenvalue weighted by Gasteiger charge is 2.44. The van der Waals surface area contributed by atoms with Gasteiger partial charge in [0.15, 0.2) is 12.3 Å². The van der Waals surface area contributed by atoms with Gasteiger partial charge in [-0.2, -0.15) is 4.58 Å². The standard InChI is InChI=1S/C33H47N4/c1-7-35(8-2)23-15-25-37-29-19-12-10-17-27(29)33(5,6)31(37)21-13-20-30-32(3,4)26-16-9-11-18-28(26)36(30)24-14-22-34/h9-13,16-21H,7-8,14-15,22-25,34H2,1-6H3/q+1/p+1. The number of fused-ring (bicyclic) bond motifs is 2. The van der Waals surface area contributed by atoms with Crippen LogP contribution in [-0.2, 0) is 10.8 Å². The minimum Gasteiger partial charge on any atom is -0.344 e. The van der Waals surface area contributed by atoms with Crippen LogP contribution >= 0.6 is 0 Å². The number of nitrogens with two attached hydrogens (primary N) is 1. The van der Waals surface area contributed by atoms with E-state index in [2.05, 4.69) is 118 Å². The monoisotopic (exact) mass is 500 g/mol. The third-order valence-corrected chi connectivity index (χ3v) is 8.60. The highest BCUT2D eigenvalue weighted by molar-refractivity contribution is 6.03. The van der Waals surface area contributed by atoms with Crippen LogP contribution in [0, 0.1) is 0 Å². The molecule has 3 N–H and O–H groups in total. The summed E-state index contributed by atoms with van der Waals surface area (Å²) in [5.41, 5.74) is 14.1. The fourth-order valence-electron chi connectivity index (χ4n) is 6.33. The normalized spacial score (nSPS) is 18.9. The van der Waals surface area contributed by atoms with Crippen LogP contribution in [0.2, 0.25) is 0 Å². The molecule has 0 bridgehead atoms. The van der Waals surface area contributed by atoms with E-state index in [1.807, 2.05) is 0 Å². The molecule has 0 saturated heterocycles. The number of nitrogens with one attached hydrogen (secondary N) is 1. The van der Waals surface area contributed by atoms with Gasteiger partial charge in [0, 0.05) is 41.1 Å². The van der Waals surface area contributed by atoms with Crippen molar-refractivity contribution >= 4 is 17.1 Å². The lowest BCUT2D eigenvalue weighted by Crippen LogP contribution is -3.11. The van der Waals surface area contributed by atoms with E-state index in [1.165, 1.54) is 60.0 Å². The van der Waals surface area contributed by atoms with Crippen LogP contribution < -0.4 is 15.5 Å². The number of allylic oxidation sites excluding steroid dienone is 4. The summed E-state index contributed by atoms with van der Waals surface area (Å²) in [4.78, 5) is 4.16. The first-order valence-corrected chi connectivity index (χ1v) is 14.3. The molecule has 4 nitrogen and oxygen atoms in total. The summed E-state index contributed by atoms with van der Waals surface area (Å²) in [6, 6.07) is 17.8. The van der Waals surface area contributed by atoms with E-state index in [0.29, 0.717) is 6.54 Å². The first kappa shape index (κ1) is 27.3. The average molecular weight is 501 g/mol. The van der Waals surface area contributed by atoms with Crippen molar-refractivity contribution < 1.29 is 9.48 Å². The number of nitrogens with zero attached hydrogens (tertiary/aromatic N) is 2. The zero-order valence-corrected chi connectivity index (χ0v) is 24.0. The summed E-state index contributed by atoms with van der Waals surface area (Å²) in [5.74, 6) is 0. The van der Waals surface area contributed by atoms with Crippen molar-refractivity contribution in [1.82, 2.24) is 0 Å². The predicted octanol–water partition coefficient (Wildman–Crippen LogP) is 4.96. The van der Waals surface area contributed by atoms with Gasteiger partial charge in [-0.15, -0.1) is 0 Å². The number of anilines is 1. The Morgan fingerprint density at radius 2 is 1.57 bits per heavy atom. The number of para-hydroxylation sites is 2. The quantitative estimate of drug-likeness (QED) is 0.428. The smallest absolute Gasteiger partial charge is 0.209 e. The molecule has 4 heteroatoms. The number of hydrogen-bond donors (Lipinski definition) is 2. The van der Waals surface area contributed by atoms with E-state index < -0.39 is 0 Å². The molecule has 0 saturated carbocycles. The maximum atomic E-state index is 5.92. The van der Waals surface area contributed by atoms with Gasteiger partial charge in [0.05, 0.1) is 31.5 Å². The Hall–Kier alpha value is -2.69. The molecule has 2 aliphatic heterocycles. The highest BCUT2D eigenvalue weighted by Crippen LogP contribution is 2.47. The van der Waals surface area contributed by atoms with Gasteiger partial charge >= 0.3 is 0 Å². The molecule has 2 aromatic rings. The minimum absolute atomic E-state index is 0.0267. The largest absolute Gasteiger partial charge is 0.344 e. The maximum Gasteiger partial charge on any atom is 0.209 e. The molecule has 37 heavy (non-hydrogen) atoms. The molecule has 0 fully saturated rings. The Labute approximate surface area is 225 Å². The van der Waals surface area contributed by atoms with E-state index in [4.69, 9.17) is 5.73 Å². The Bertz CT molecular complexity index is 1180. The first-order chi connectivity index (χ1) is 17.8. The van der Waals surface area contributed by atoms with E-state index in [-0.39, 0.29) is 10.8 Å². The molecular weight excluding hydrogens is 452 g/mol. The average Bonchev–Trinajstić information content (AvgIpc) is 3.24. The molecule has 0 atom stereocenters. The molecule has 4 rings (SSSR count). The fourth-order valence-corrected chi connectivity index (χ4v) is 6.33. The van der Waals surface area contributed by atoms with Crippen LogP contribution in [0.1, 0.15) is 65.5 Å². The van der Waals surface area contributed by atoms with Crippen molar-refractivity contribution in [3.05, 3.63) is 83.6 Å². The summed E-state index contributed by atoms with van der Waals surface area (Å²) < 4.78 is 2.58. The lowest BCUT2D eigenvalue weighted by atomic mass is 9.81. The topological polar surface area (TPSA) is 36.7 Å². The van der Waals surface area contributed by atoms with Gasteiger partial charge in [-0.3, -0.25) is 0 Å². The molecule has 0 radical (unpaired) electrons. The lowest BCUT2D eigenvalue weighted by Gasteiger charge is -2.27. The lowest BCUT2D eigenvalue weighted by molar-refractivity contribution is -0.897. The molecule has 2 aromatic carbocycles. The van der Waals surface area contributed by atoms with Gasteiger partial charge in [0.1, 0.15) is 0 Å². The first-order valence-electron chi connectivity index (χ1n) is 14.3. The van der Waals surface area contributed by atoms with E-state index >= 15 is 0 Å². The molecule has 0 aromatic heterocycles. The van der Waals surface area contributed by atoms with Crippen LogP contribution in [0.5, 0.6) is 0 Å². The van der Waals surface area contributed by atoms with Gasteiger partial charge in [-0.25, -0.2) is 0 Å². The molecule has 0 spiro atoms. The summed E-state index contributed by atoms with van der Waals surface area (Å²) >= 11 is 0. The third kappa shape index (κ3) is 5.19. The van der Waals surface area contributed by atoms with Gasteiger partial charge in [0.25, 0.3) is 0 Å². The number of rotatable bonds is 11. The van der Waals surface area contributed by atoms with E-state index in [0.717, 1.165) is 19.5 Å². The Morgan fingerprint density at radius 3 is 2.27 bits per heavy atom. The van der Waals surface area contributed by atoms with E-state index in [9.17, 15) is 0 Å². The predicted molar refractivity (Wildman–Crippen MR) is 158 cm³/mol. The van der Waals surface area contributed by atoms with Crippen LogP contribution in [0.15, 0.2) is 72.5 Å². The number of benzene rings is 2. The van der Waals surface area contributed by atoms with Crippen molar-refractivity contribution in [1.29, 1.82) is 0 Å². The molecule has 2 aliphatic rings. The van der Waals surface area contributed by atoms with Crippen molar-refractivity contribution in [2.75, 3.05) is 44.2 Å². The minimum atomic E-state index is -0.0411. The van der Waals surface area contributed by atoms with Crippen LogP contribution in [0.4, 0.5) is 11.4 Å². The van der Waals surface area contributed by atoms with E-state index in [1.54, 1.807) is 4.90 Å². The van der Waals surface area contributed by atoms with Crippen molar-refractivity contribution in [3.8, 4) is 0 Å². The second-order valence-electron chi connectivity index (χ2n) is 11.6. The summed E-state index contributed by atoms with van der Waals surface area (Å²) in [6.07, 6.45) is 9.19. The Balaban J connectivity index is 1.69. The summed E-state index contributed by atoms with van der Waals surface area (Å²) in [6.45, 7) is 20.3. The molecule has 0 unspecified atom stereocenters. The summed E-state index contributed by atoms with van der Waals surface area (Å²) in [7, 11) is 0. The van der Waals surface area contributed by atoms with Gasteiger partial charge in [-0.05, 0) is 58.4 Å². The molecule has 0 aliphatic carbocycles. The maximum absolute atomic E-state index is 5.92. The molecule has 2 heterocycles. The highest BCUT2D eigenvalue weighted by atomic mass is 15.2. The van der Waals surface area contributed by atoms with Crippen LogP contribution in [0.3, 0.4) is 0 Å². The van der Waals surface area contributed by atoms with Crippen molar-refractivity contribution in [3.63, 3.8) is 0 Å². The Kier molecular flexibility index (Phi) is 8.40. The molecule has 198 valence electrons. The van der Waals surface area contributed by atoms with Gasteiger partial charge in [0.2, 0.25) is 5.69 Å². The van der Waals surface area contributed by atoms with Crippen LogP contribution in [-0.4, -0.2) is 49.6 Å².